The molecule has 1 aliphatic heterocycles. The van der Waals surface area contributed by atoms with Gasteiger partial charge >= 0.3 is 0 Å². The summed E-state index contributed by atoms with van der Waals surface area (Å²) >= 11 is 0. The number of aromatic amines is 1. The summed E-state index contributed by atoms with van der Waals surface area (Å²) in [7, 11) is 0. The molecule has 1 aliphatic rings. The number of nitrogens with zero attached hydrogens (tertiary/aromatic N) is 5. The van der Waals surface area contributed by atoms with Crippen LogP contribution in [0.2, 0.25) is 0 Å². The Kier molecular flexibility index (Phi) is 4.47. The molecule has 0 spiro atoms. The van der Waals surface area contributed by atoms with Crippen molar-refractivity contribution in [1.29, 1.82) is 0 Å². The number of imidazole rings is 1. The molecule has 0 saturated carbocycles. The van der Waals surface area contributed by atoms with E-state index in [1.54, 1.807) is 12.4 Å². The second-order valence-electron chi connectivity index (χ2n) is 7.11. The van der Waals surface area contributed by atoms with Crippen molar-refractivity contribution in [2.45, 2.75) is 25.4 Å². The zero-order chi connectivity index (χ0) is 18.8. The second-order valence-corrected chi connectivity index (χ2v) is 7.11. The summed E-state index contributed by atoms with van der Waals surface area (Å²) in [5.41, 5.74) is 4.95. The third kappa shape index (κ3) is 3.23. The summed E-state index contributed by atoms with van der Waals surface area (Å²) in [5.74, 6) is 0.708. The van der Waals surface area contributed by atoms with Gasteiger partial charge in [0.2, 0.25) is 5.95 Å². The van der Waals surface area contributed by atoms with Gasteiger partial charge in [0.1, 0.15) is 0 Å². The molecule has 0 aliphatic carbocycles. The second kappa shape index (κ2) is 7.40. The van der Waals surface area contributed by atoms with E-state index in [9.17, 15) is 0 Å². The van der Waals surface area contributed by atoms with Crippen LogP contribution in [0.5, 0.6) is 0 Å². The summed E-state index contributed by atoms with van der Waals surface area (Å²) in [6.07, 6.45) is 9.35. The van der Waals surface area contributed by atoms with Gasteiger partial charge in [0.05, 0.1) is 18.1 Å². The Morgan fingerprint density at radius 1 is 0.964 bits per heavy atom. The molecular formula is C22H22N6. The molecule has 1 unspecified atom stereocenters. The van der Waals surface area contributed by atoms with E-state index in [0.29, 0.717) is 5.95 Å². The molecule has 28 heavy (non-hydrogen) atoms. The molecule has 1 atom stereocenters. The molecule has 140 valence electrons. The van der Waals surface area contributed by atoms with Crippen LogP contribution in [-0.4, -0.2) is 35.9 Å². The van der Waals surface area contributed by atoms with Crippen LogP contribution in [0.3, 0.4) is 0 Å². The van der Waals surface area contributed by atoms with E-state index in [1.165, 1.54) is 22.6 Å². The summed E-state index contributed by atoms with van der Waals surface area (Å²) in [5, 5.41) is 0. The van der Waals surface area contributed by atoms with Crippen molar-refractivity contribution in [2.75, 3.05) is 6.54 Å². The monoisotopic (exact) mass is 370 g/mol. The van der Waals surface area contributed by atoms with Gasteiger partial charge in [0.25, 0.3) is 0 Å². The zero-order valence-corrected chi connectivity index (χ0v) is 15.6. The van der Waals surface area contributed by atoms with Crippen molar-refractivity contribution >= 4 is 0 Å². The third-order valence-corrected chi connectivity index (χ3v) is 5.39. The number of aromatic nitrogens is 5. The quantitative estimate of drug-likeness (QED) is 0.585. The van der Waals surface area contributed by atoms with Gasteiger partial charge in [0, 0.05) is 49.5 Å². The first-order valence-corrected chi connectivity index (χ1v) is 9.62. The van der Waals surface area contributed by atoms with Crippen molar-refractivity contribution in [1.82, 2.24) is 29.4 Å². The molecule has 0 bridgehead atoms. The molecule has 4 aromatic rings. The normalized spacial score (nSPS) is 16.8. The van der Waals surface area contributed by atoms with Gasteiger partial charge in [-0.25, -0.2) is 15.0 Å². The molecule has 6 heteroatoms. The summed E-state index contributed by atoms with van der Waals surface area (Å²) < 4.78 is 2.07. The highest BCUT2D eigenvalue weighted by Crippen LogP contribution is 2.32. The minimum Gasteiger partial charge on any atom is -0.348 e. The van der Waals surface area contributed by atoms with E-state index in [2.05, 4.69) is 71.9 Å². The minimum absolute atomic E-state index is 0.248. The van der Waals surface area contributed by atoms with Crippen molar-refractivity contribution in [3.63, 3.8) is 0 Å². The molecule has 5 rings (SSSR count). The molecule has 0 saturated heterocycles. The van der Waals surface area contributed by atoms with Crippen molar-refractivity contribution < 1.29 is 0 Å². The summed E-state index contributed by atoms with van der Waals surface area (Å²) in [4.78, 5) is 19.3. The van der Waals surface area contributed by atoms with Gasteiger partial charge in [-0.1, -0.05) is 30.3 Å². The Hall–Kier alpha value is -3.25. The first-order chi connectivity index (χ1) is 13.9. The van der Waals surface area contributed by atoms with E-state index in [4.69, 9.17) is 0 Å². The number of hydrogen-bond acceptors (Lipinski definition) is 4. The van der Waals surface area contributed by atoms with Crippen LogP contribution in [0.25, 0.3) is 5.95 Å². The highest BCUT2D eigenvalue weighted by atomic mass is 15.2. The molecule has 4 heterocycles. The van der Waals surface area contributed by atoms with E-state index in [0.717, 1.165) is 25.9 Å². The predicted octanol–water partition coefficient (Wildman–Crippen LogP) is 3.33. The van der Waals surface area contributed by atoms with Gasteiger partial charge in [-0.2, -0.15) is 0 Å². The Morgan fingerprint density at radius 3 is 2.68 bits per heavy atom. The molecular weight excluding hydrogens is 348 g/mol. The lowest BCUT2D eigenvalue weighted by Gasteiger charge is -2.35. The number of benzene rings is 1. The van der Waals surface area contributed by atoms with Crippen LogP contribution in [0.15, 0.2) is 73.4 Å². The zero-order valence-electron chi connectivity index (χ0n) is 15.6. The maximum absolute atomic E-state index is 4.67. The summed E-state index contributed by atoms with van der Waals surface area (Å²) in [6.45, 7) is 1.82. The average Bonchev–Trinajstić information content (AvgIpc) is 3.41. The van der Waals surface area contributed by atoms with E-state index >= 15 is 0 Å². The Morgan fingerprint density at radius 2 is 1.82 bits per heavy atom. The van der Waals surface area contributed by atoms with E-state index < -0.39 is 0 Å². The fourth-order valence-electron chi connectivity index (χ4n) is 4.02. The molecule has 3 aromatic heterocycles. The largest absolute Gasteiger partial charge is 0.348 e. The van der Waals surface area contributed by atoms with Crippen molar-refractivity contribution in [3.05, 3.63) is 96.1 Å². The minimum atomic E-state index is 0.248. The van der Waals surface area contributed by atoms with Crippen LogP contribution in [0.4, 0.5) is 0 Å². The number of hydrogen-bond donors (Lipinski definition) is 1. The number of H-pyrrole nitrogens is 1. The highest BCUT2D eigenvalue weighted by Gasteiger charge is 2.30. The maximum atomic E-state index is 4.67. The first-order valence-electron chi connectivity index (χ1n) is 9.62. The molecule has 6 nitrogen and oxygen atoms in total. The smallest absolute Gasteiger partial charge is 0.233 e. The Balaban J connectivity index is 1.45. The number of fused-ring (bicyclic) bond motifs is 1. The van der Waals surface area contributed by atoms with Crippen LogP contribution >= 0.6 is 0 Å². The van der Waals surface area contributed by atoms with Gasteiger partial charge in [-0.15, -0.1) is 0 Å². The molecule has 0 fully saturated rings. The lowest BCUT2D eigenvalue weighted by atomic mass is 9.96. The molecule has 1 aromatic carbocycles. The van der Waals surface area contributed by atoms with Crippen LogP contribution in [-0.2, 0) is 19.4 Å². The first kappa shape index (κ1) is 16.9. The fourth-order valence-corrected chi connectivity index (χ4v) is 4.02. The third-order valence-electron chi connectivity index (χ3n) is 5.39. The van der Waals surface area contributed by atoms with Gasteiger partial charge < -0.3 is 4.98 Å². The molecule has 1 N–H and O–H groups in total. The lowest BCUT2D eigenvalue weighted by molar-refractivity contribution is 0.167. The number of rotatable bonds is 5. The summed E-state index contributed by atoms with van der Waals surface area (Å²) in [6, 6.07) is 17.0. The Bertz CT molecular complexity index is 1040. The molecule has 0 radical (unpaired) electrons. The highest BCUT2D eigenvalue weighted by molar-refractivity contribution is 5.26. The topological polar surface area (TPSA) is 62.6 Å². The van der Waals surface area contributed by atoms with Crippen LogP contribution in [0, 0.1) is 0 Å². The van der Waals surface area contributed by atoms with E-state index in [1.807, 2.05) is 18.6 Å². The standard InChI is InChI=1S/C22H22N6/c1-2-6-17(7-3-1)14-20-21-19(25-16-26-21)9-13-27(20)15-18-8-4-12-28(18)22-23-10-5-11-24-22/h1-8,10-12,16,20H,9,13-15H2,(H,25,26). The van der Waals surface area contributed by atoms with Gasteiger partial charge in [-0.05, 0) is 30.2 Å². The average molecular weight is 370 g/mol. The van der Waals surface area contributed by atoms with E-state index in [-0.39, 0.29) is 6.04 Å². The van der Waals surface area contributed by atoms with Gasteiger partial charge in [0.15, 0.2) is 0 Å². The van der Waals surface area contributed by atoms with Crippen molar-refractivity contribution in [3.8, 4) is 5.95 Å². The van der Waals surface area contributed by atoms with Crippen LogP contribution in [0.1, 0.15) is 28.7 Å². The Labute approximate surface area is 163 Å². The SMILES string of the molecule is c1ccc(CC2c3nc[nH]c3CCN2Cc2cccn2-c2ncccn2)cc1. The predicted molar refractivity (Wildman–Crippen MR) is 107 cm³/mol. The fraction of sp³-hybridized carbons (Fsp3) is 0.227. The van der Waals surface area contributed by atoms with Crippen molar-refractivity contribution in [2.24, 2.45) is 0 Å². The molecule has 0 amide bonds. The number of nitrogens with one attached hydrogen (secondary N) is 1. The lowest BCUT2D eigenvalue weighted by Crippen LogP contribution is -2.36. The van der Waals surface area contributed by atoms with Gasteiger partial charge in [-0.3, -0.25) is 9.47 Å². The maximum Gasteiger partial charge on any atom is 0.233 e. The van der Waals surface area contributed by atoms with Crippen LogP contribution < -0.4 is 0 Å².